The summed E-state index contributed by atoms with van der Waals surface area (Å²) in [5.41, 5.74) is 2.49. The van der Waals surface area contributed by atoms with E-state index in [1.165, 1.54) is 0 Å². The van der Waals surface area contributed by atoms with Gasteiger partial charge in [0.25, 0.3) is 0 Å². The lowest BCUT2D eigenvalue weighted by molar-refractivity contribution is 0.387. The van der Waals surface area contributed by atoms with Gasteiger partial charge in [0, 0.05) is 5.56 Å². The molecule has 21 heavy (non-hydrogen) atoms. The Morgan fingerprint density at radius 3 is 2.38 bits per heavy atom. The Morgan fingerprint density at radius 2 is 1.76 bits per heavy atom. The van der Waals surface area contributed by atoms with Gasteiger partial charge in [0.2, 0.25) is 5.88 Å². The maximum atomic E-state index is 5.51. The topological polar surface area (TPSA) is 48.7 Å². The minimum absolute atomic E-state index is 0.631. The van der Waals surface area contributed by atoms with E-state index in [9.17, 15) is 0 Å². The SMILES string of the molecule is COc1ccc(-c2nc3ccc(SC)nn3c2OC)cc1. The molecule has 6 heteroatoms. The highest BCUT2D eigenvalue weighted by Crippen LogP contribution is 2.31. The maximum Gasteiger partial charge on any atom is 0.243 e. The predicted octanol–water partition coefficient (Wildman–Crippen LogP) is 3.14. The second-order valence-corrected chi connectivity index (χ2v) is 5.17. The van der Waals surface area contributed by atoms with Crippen molar-refractivity contribution in [1.29, 1.82) is 0 Å². The highest BCUT2D eigenvalue weighted by Gasteiger charge is 2.16. The fraction of sp³-hybridized carbons (Fsp3) is 0.200. The van der Waals surface area contributed by atoms with Crippen molar-refractivity contribution in [3.8, 4) is 22.9 Å². The molecule has 108 valence electrons. The molecule has 3 aromatic rings. The van der Waals surface area contributed by atoms with Gasteiger partial charge in [-0.3, -0.25) is 0 Å². The predicted molar refractivity (Wildman–Crippen MR) is 83.3 cm³/mol. The first-order valence-electron chi connectivity index (χ1n) is 6.39. The summed E-state index contributed by atoms with van der Waals surface area (Å²) in [4.78, 5) is 4.61. The van der Waals surface area contributed by atoms with Crippen LogP contribution in [-0.2, 0) is 0 Å². The zero-order valence-corrected chi connectivity index (χ0v) is 12.8. The molecular formula is C15H15N3O2S. The van der Waals surface area contributed by atoms with Gasteiger partial charge in [0.05, 0.1) is 14.2 Å². The van der Waals surface area contributed by atoms with Crippen molar-refractivity contribution < 1.29 is 9.47 Å². The summed E-state index contributed by atoms with van der Waals surface area (Å²) in [5.74, 6) is 1.44. The molecule has 2 heterocycles. The van der Waals surface area contributed by atoms with E-state index in [1.807, 2.05) is 42.7 Å². The number of hydrogen-bond donors (Lipinski definition) is 0. The van der Waals surface area contributed by atoms with Crippen molar-refractivity contribution in [3.05, 3.63) is 36.4 Å². The van der Waals surface area contributed by atoms with E-state index in [2.05, 4.69) is 10.1 Å². The summed E-state index contributed by atoms with van der Waals surface area (Å²) in [5, 5.41) is 5.43. The first-order chi connectivity index (χ1) is 10.3. The van der Waals surface area contributed by atoms with Gasteiger partial charge in [-0.1, -0.05) is 0 Å². The summed E-state index contributed by atoms with van der Waals surface area (Å²) in [7, 11) is 3.28. The fourth-order valence-electron chi connectivity index (χ4n) is 2.13. The third kappa shape index (κ3) is 2.42. The molecule has 3 rings (SSSR count). The van der Waals surface area contributed by atoms with Crippen LogP contribution in [0.25, 0.3) is 16.9 Å². The number of thioether (sulfide) groups is 1. The van der Waals surface area contributed by atoms with Crippen molar-refractivity contribution in [3.63, 3.8) is 0 Å². The third-order valence-electron chi connectivity index (χ3n) is 3.18. The van der Waals surface area contributed by atoms with Crippen LogP contribution >= 0.6 is 11.8 Å². The van der Waals surface area contributed by atoms with Gasteiger partial charge in [-0.05, 0) is 42.7 Å². The molecule has 0 aliphatic heterocycles. The Hall–Kier alpha value is -2.21. The molecule has 0 spiro atoms. The van der Waals surface area contributed by atoms with Crippen LogP contribution in [0.15, 0.2) is 41.4 Å². The molecule has 0 amide bonds. The highest BCUT2D eigenvalue weighted by molar-refractivity contribution is 7.98. The monoisotopic (exact) mass is 301 g/mol. The summed E-state index contributed by atoms with van der Waals surface area (Å²) >= 11 is 1.58. The quantitative estimate of drug-likeness (QED) is 0.693. The second kappa shape index (κ2) is 5.65. The molecule has 0 aliphatic carbocycles. The summed E-state index contributed by atoms with van der Waals surface area (Å²) in [6, 6.07) is 11.6. The van der Waals surface area contributed by atoms with Crippen LogP contribution in [0, 0.1) is 0 Å². The molecule has 5 nitrogen and oxygen atoms in total. The van der Waals surface area contributed by atoms with E-state index in [4.69, 9.17) is 9.47 Å². The molecule has 1 aromatic carbocycles. The third-order valence-corrected chi connectivity index (χ3v) is 3.81. The minimum Gasteiger partial charge on any atom is -0.497 e. The molecule has 0 aliphatic rings. The van der Waals surface area contributed by atoms with Crippen LogP contribution in [-0.4, -0.2) is 35.1 Å². The van der Waals surface area contributed by atoms with Gasteiger partial charge < -0.3 is 9.47 Å². The lowest BCUT2D eigenvalue weighted by Crippen LogP contribution is -1.97. The lowest BCUT2D eigenvalue weighted by atomic mass is 10.1. The smallest absolute Gasteiger partial charge is 0.243 e. The van der Waals surface area contributed by atoms with Crippen molar-refractivity contribution in [2.75, 3.05) is 20.5 Å². The van der Waals surface area contributed by atoms with E-state index in [1.54, 1.807) is 30.5 Å². The molecular weight excluding hydrogens is 286 g/mol. The van der Waals surface area contributed by atoms with Crippen molar-refractivity contribution in [2.45, 2.75) is 5.03 Å². The van der Waals surface area contributed by atoms with Crippen LogP contribution in [0.2, 0.25) is 0 Å². The maximum absolute atomic E-state index is 5.51. The van der Waals surface area contributed by atoms with Crippen LogP contribution < -0.4 is 9.47 Å². The van der Waals surface area contributed by atoms with Crippen LogP contribution in [0.3, 0.4) is 0 Å². The minimum atomic E-state index is 0.631. The Bertz CT molecular complexity index is 768. The van der Waals surface area contributed by atoms with E-state index in [-0.39, 0.29) is 0 Å². The largest absolute Gasteiger partial charge is 0.497 e. The van der Waals surface area contributed by atoms with Gasteiger partial charge in [0.1, 0.15) is 16.5 Å². The molecule has 0 unspecified atom stereocenters. The molecule has 2 aromatic heterocycles. The normalized spacial score (nSPS) is 10.8. The zero-order chi connectivity index (χ0) is 14.8. The van der Waals surface area contributed by atoms with Gasteiger partial charge in [-0.25, -0.2) is 4.98 Å². The lowest BCUT2D eigenvalue weighted by Gasteiger charge is -2.04. The average molecular weight is 301 g/mol. The summed E-state index contributed by atoms with van der Waals surface area (Å²) in [6.07, 6.45) is 1.99. The molecule has 0 bridgehead atoms. The number of nitrogens with zero attached hydrogens (tertiary/aromatic N) is 3. The molecule has 0 atom stereocenters. The standard InChI is InChI=1S/C15H15N3O2S/c1-19-11-6-4-10(5-7-11)14-15(20-2)18-12(16-14)8-9-13(17-18)21-3/h4-9H,1-3H3. The number of rotatable bonds is 4. The first kappa shape index (κ1) is 13.8. The van der Waals surface area contributed by atoms with Crippen LogP contribution in [0.4, 0.5) is 0 Å². The number of methoxy groups -OCH3 is 2. The van der Waals surface area contributed by atoms with Crippen LogP contribution in [0.1, 0.15) is 0 Å². The number of fused-ring (bicyclic) bond motifs is 1. The van der Waals surface area contributed by atoms with E-state index >= 15 is 0 Å². The molecule has 0 fully saturated rings. The van der Waals surface area contributed by atoms with Gasteiger partial charge >= 0.3 is 0 Å². The molecule has 0 saturated carbocycles. The first-order valence-corrected chi connectivity index (χ1v) is 7.61. The van der Waals surface area contributed by atoms with Gasteiger partial charge in [0.15, 0.2) is 5.65 Å². The highest BCUT2D eigenvalue weighted by atomic mass is 32.2. The van der Waals surface area contributed by atoms with E-state index < -0.39 is 0 Å². The van der Waals surface area contributed by atoms with Gasteiger partial charge in [-0.2, -0.15) is 9.61 Å². The Labute approximate surface area is 126 Å². The summed E-state index contributed by atoms with van der Waals surface area (Å²) < 4.78 is 12.4. The van der Waals surface area contributed by atoms with Crippen LogP contribution in [0.5, 0.6) is 11.6 Å². The molecule has 0 radical (unpaired) electrons. The average Bonchev–Trinajstić information content (AvgIpc) is 2.92. The Balaban J connectivity index is 2.16. The second-order valence-electron chi connectivity index (χ2n) is 4.34. The number of hydrogen-bond acceptors (Lipinski definition) is 5. The van der Waals surface area contributed by atoms with Crippen molar-refractivity contribution in [2.24, 2.45) is 0 Å². The van der Waals surface area contributed by atoms with E-state index in [0.29, 0.717) is 5.88 Å². The van der Waals surface area contributed by atoms with E-state index in [0.717, 1.165) is 27.7 Å². The summed E-state index contributed by atoms with van der Waals surface area (Å²) in [6.45, 7) is 0. The Kier molecular flexibility index (Phi) is 3.70. The fourth-order valence-corrected chi connectivity index (χ4v) is 2.49. The molecule has 0 N–H and O–H groups in total. The number of ether oxygens (including phenoxy) is 2. The number of benzene rings is 1. The number of imidazole rings is 1. The molecule has 0 saturated heterocycles. The number of aromatic nitrogens is 3. The van der Waals surface area contributed by atoms with Gasteiger partial charge in [-0.15, -0.1) is 11.8 Å². The Morgan fingerprint density at radius 1 is 1.00 bits per heavy atom. The van der Waals surface area contributed by atoms with Crippen molar-refractivity contribution >= 4 is 17.4 Å². The van der Waals surface area contributed by atoms with Crippen molar-refractivity contribution in [1.82, 2.24) is 14.6 Å². The zero-order valence-electron chi connectivity index (χ0n) is 12.0.